The quantitative estimate of drug-likeness (QED) is 0.888. The number of likely N-dealkylation sites (N-methyl/N-ethyl adjacent to an activating group) is 1. The van der Waals surface area contributed by atoms with Crippen LogP contribution in [0.25, 0.3) is 0 Å². The zero-order valence-corrected chi connectivity index (χ0v) is 14.1. The van der Waals surface area contributed by atoms with E-state index in [2.05, 4.69) is 23.1 Å². The second-order valence-electron chi connectivity index (χ2n) is 6.24. The zero-order valence-electron chi connectivity index (χ0n) is 14.1. The maximum absolute atomic E-state index is 12.7. The normalized spacial score (nSPS) is 16.2. The van der Waals surface area contributed by atoms with Crippen molar-refractivity contribution in [2.75, 3.05) is 31.6 Å². The SMILES string of the molecule is CN(C(=O)CN(CCO)C1CCc2ccccc21)c1ccccc1. The van der Waals surface area contributed by atoms with Crippen LogP contribution in [0.4, 0.5) is 5.69 Å². The fourth-order valence-corrected chi connectivity index (χ4v) is 3.46. The fourth-order valence-electron chi connectivity index (χ4n) is 3.46. The predicted molar refractivity (Wildman–Crippen MR) is 96.0 cm³/mol. The van der Waals surface area contributed by atoms with Crippen LogP contribution in [0.1, 0.15) is 23.6 Å². The van der Waals surface area contributed by atoms with Crippen molar-refractivity contribution in [3.8, 4) is 0 Å². The summed E-state index contributed by atoms with van der Waals surface area (Å²) in [6, 6.07) is 18.3. The smallest absolute Gasteiger partial charge is 0.240 e. The molecule has 126 valence electrons. The van der Waals surface area contributed by atoms with Gasteiger partial charge in [-0.05, 0) is 36.1 Å². The molecule has 0 aromatic heterocycles. The summed E-state index contributed by atoms with van der Waals surface area (Å²) in [5, 5.41) is 9.45. The van der Waals surface area contributed by atoms with Gasteiger partial charge in [-0.1, -0.05) is 42.5 Å². The highest BCUT2D eigenvalue weighted by molar-refractivity contribution is 5.94. The van der Waals surface area contributed by atoms with Gasteiger partial charge in [0.15, 0.2) is 0 Å². The highest BCUT2D eigenvalue weighted by atomic mass is 16.3. The molecule has 3 rings (SSSR count). The van der Waals surface area contributed by atoms with Crippen molar-refractivity contribution in [3.05, 3.63) is 65.7 Å². The first-order chi connectivity index (χ1) is 11.7. The first-order valence-corrected chi connectivity index (χ1v) is 8.45. The molecule has 2 aromatic rings. The van der Waals surface area contributed by atoms with Gasteiger partial charge in [0.2, 0.25) is 5.91 Å². The van der Waals surface area contributed by atoms with Crippen LogP contribution < -0.4 is 4.90 Å². The Balaban J connectivity index is 1.74. The maximum atomic E-state index is 12.7. The minimum Gasteiger partial charge on any atom is -0.395 e. The zero-order chi connectivity index (χ0) is 16.9. The number of aliphatic hydroxyl groups is 1. The van der Waals surface area contributed by atoms with E-state index < -0.39 is 0 Å². The second kappa shape index (κ2) is 7.60. The van der Waals surface area contributed by atoms with Gasteiger partial charge in [0, 0.05) is 25.3 Å². The lowest BCUT2D eigenvalue weighted by Gasteiger charge is -2.30. The van der Waals surface area contributed by atoms with Gasteiger partial charge in [-0.2, -0.15) is 0 Å². The number of aliphatic hydroxyl groups excluding tert-OH is 1. The lowest BCUT2D eigenvalue weighted by atomic mass is 10.1. The Hall–Kier alpha value is -2.17. The number of hydrogen-bond donors (Lipinski definition) is 1. The monoisotopic (exact) mass is 324 g/mol. The molecule has 4 heteroatoms. The summed E-state index contributed by atoms with van der Waals surface area (Å²) in [5.74, 6) is 0.0408. The summed E-state index contributed by atoms with van der Waals surface area (Å²) in [6.45, 7) is 0.874. The number of nitrogens with zero attached hydrogens (tertiary/aromatic N) is 2. The molecule has 0 saturated heterocycles. The van der Waals surface area contributed by atoms with Crippen LogP contribution in [0, 0.1) is 0 Å². The average Bonchev–Trinajstić information content (AvgIpc) is 3.05. The van der Waals surface area contributed by atoms with E-state index in [1.807, 2.05) is 36.4 Å². The van der Waals surface area contributed by atoms with Gasteiger partial charge < -0.3 is 10.0 Å². The molecule has 0 aliphatic heterocycles. The highest BCUT2D eigenvalue weighted by Crippen LogP contribution is 2.35. The van der Waals surface area contributed by atoms with Crippen molar-refractivity contribution in [1.82, 2.24) is 4.90 Å². The van der Waals surface area contributed by atoms with Crippen LogP contribution in [0.3, 0.4) is 0 Å². The molecule has 1 aliphatic carbocycles. The molecular weight excluding hydrogens is 300 g/mol. The van der Waals surface area contributed by atoms with E-state index in [-0.39, 0.29) is 18.6 Å². The Morgan fingerprint density at radius 3 is 2.58 bits per heavy atom. The Bertz CT molecular complexity index is 687. The van der Waals surface area contributed by atoms with E-state index >= 15 is 0 Å². The van der Waals surface area contributed by atoms with Gasteiger partial charge in [0.25, 0.3) is 0 Å². The van der Waals surface area contributed by atoms with Crippen molar-refractivity contribution < 1.29 is 9.90 Å². The molecule has 0 saturated carbocycles. The van der Waals surface area contributed by atoms with Gasteiger partial charge >= 0.3 is 0 Å². The van der Waals surface area contributed by atoms with E-state index in [0.717, 1.165) is 18.5 Å². The lowest BCUT2D eigenvalue weighted by Crippen LogP contribution is -2.41. The molecule has 1 unspecified atom stereocenters. The number of rotatable bonds is 6. The average molecular weight is 324 g/mol. The van der Waals surface area contributed by atoms with Crippen molar-refractivity contribution >= 4 is 11.6 Å². The van der Waals surface area contributed by atoms with Gasteiger partial charge in [-0.25, -0.2) is 0 Å². The molecule has 0 radical (unpaired) electrons. The van der Waals surface area contributed by atoms with Gasteiger partial charge in [0.1, 0.15) is 0 Å². The molecule has 1 atom stereocenters. The minimum atomic E-state index is 0.0408. The summed E-state index contributed by atoms with van der Waals surface area (Å²) in [4.78, 5) is 16.5. The van der Waals surface area contributed by atoms with E-state index in [9.17, 15) is 9.90 Å². The highest BCUT2D eigenvalue weighted by Gasteiger charge is 2.29. The van der Waals surface area contributed by atoms with E-state index in [1.165, 1.54) is 11.1 Å². The largest absolute Gasteiger partial charge is 0.395 e. The third kappa shape index (κ3) is 3.50. The molecule has 0 heterocycles. The molecule has 0 bridgehead atoms. The number of carbonyl (C=O) groups is 1. The number of amides is 1. The molecule has 1 aliphatic rings. The third-order valence-electron chi connectivity index (χ3n) is 4.79. The van der Waals surface area contributed by atoms with Gasteiger partial charge in [0.05, 0.1) is 13.2 Å². The van der Waals surface area contributed by atoms with E-state index in [4.69, 9.17) is 0 Å². The molecule has 2 aromatic carbocycles. The van der Waals surface area contributed by atoms with Crippen molar-refractivity contribution in [2.24, 2.45) is 0 Å². The van der Waals surface area contributed by atoms with Crippen LogP contribution in [-0.4, -0.2) is 42.7 Å². The fraction of sp³-hybridized carbons (Fsp3) is 0.350. The summed E-state index contributed by atoms with van der Waals surface area (Å²) < 4.78 is 0. The number of benzene rings is 2. The second-order valence-corrected chi connectivity index (χ2v) is 6.24. The summed E-state index contributed by atoms with van der Waals surface area (Å²) >= 11 is 0. The molecule has 0 fully saturated rings. The van der Waals surface area contributed by atoms with E-state index in [0.29, 0.717) is 13.1 Å². The Morgan fingerprint density at radius 1 is 1.12 bits per heavy atom. The summed E-state index contributed by atoms with van der Waals surface area (Å²) in [7, 11) is 1.80. The Kier molecular flexibility index (Phi) is 5.28. The standard InChI is InChI=1S/C20H24N2O2/c1-21(17-8-3-2-4-9-17)20(24)15-22(13-14-23)19-12-11-16-7-5-6-10-18(16)19/h2-10,19,23H,11-15H2,1H3. The molecule has 1 N–H and O–H groups in total. The van der Waals surface area contributed by atoms with Crippen molar-refractivity contribution in [3.63, 3.8) is 0 Å². The lowest BCUT2D eigenvalue weighted by molar-refractivity contribution is -0.120. The molecular formula is C20H24N2O2. The summed E-state index contributed by atoms with van der Waals surface area (Å²) in [6.07, 6.45) is 2.03. The third-order valence-corrected chi connectivity index (χ3v) is 4.79. The van der Waals surface area contributed by atoms with Crippen molar-refractivity contribution in [2.45, 2.75) is 18.9 Å². The van der Waals surface area contributed by atoms with Crippen LogP contribution in [0.2, 0.25) is 0 Å². The summed E-state index contributed by atoms with van der Waals surface area (Å²) in [5.41, 5.74) is 3.54. The molecule has 1 amide bonds. The Morgan fingerprint density at radius 2 is 1.83 bits per heavy atom. The number of aryl methyl sites for hydroxylation is 1. The topological polar surface area (TPSA) is 43.8 Å². The number of anilines is 1. The molecule has 4 nitrogen and oxygen atoms in total. The van der Waals surface area contributed by atoms with Crippen LogP contribution in [0.5, 0.6) is 0 Å². The Labute approximate surface area is 143 Å². The van der Waals surface area contributed by atoms with Crippen LogP contribution >= 0.6 is 0 Å². The number of carbonyl (C=O) groups excluding carboxylic acids is 1. The maximum Gasteiger partial charge on any atom is 0.240 e. The van der Waals surface area contributed by atoms with Gasteiger partial charge in [-0.15, -0.1) is 0 Å². The van der Waals surface area contributed by atoms with E-state index in [1.54, 1.807) is 11.9 Å². The number of para-hydroxylation sites is 1. The van der Waals surface area contributed by atoms with Gasteiger partial charge in [-0.3, -0.25) is 9.69 Å². The molecule has 0 spiro atoms. The predicted octanol–water partition coefficient (Wildman–Crippen LogP) is 2.63. The van der Waals surface area contributed by atoms with Crippen molar-refractivity contribution in [1.29, 1.82) is 0 Å². The van der Waals surface area contributed by atoms with Crippen LogP contribution in [0.15, 0.2) is 54.6 Å². The number of hydrogen-bond acceptors (Lipinski definition) is 3. The molecule has 24 heavy (non-hydrogen) atoms. The number of fused-ring (bicyclic) bond motifs is 1. The first-order valence-electron chi connectivity index (χ1n) is 8.45. The first kappa shape index (κ1) is 16.7. The van der Waals surface area contributed by atoms with Crippen LogP contribution in [-0.2, 0) is 11.2 Å². The minimum absolute atomic E-state index is 0.0408.